The summed E-state index contributed by atoms with van der Waals surface area (Å²) in [6.45, 7) is 2.61. The average molecular weight is 427 g/mol. The highest BCUT2D eigenvalue weighted by molar-refractivity contribution is 5.97. The molecule has 164 valence electrons. The molecule has 6 nitrogen and oxygen atoms in total. The van der Waals surface area contributed by atoms with Crippen molar-refractivity contribution in [2.45, 2.75) is 51.2 Å². The Morgan fingerprint density at radius 1 is 1.03 bits per heavy atom. The summed E-state index contributed by atoms with van der Waals surface area (Å²) in [5.41, 5.74) is 0.847. The van der Waals surface area contributed by atoms with Gasteiger partial charge in [0.05, 0.1) is 13.0 Å². The first-order chi connectivity index (χ1) is 15.0. The zero-order valence-electron chi connectivity index (χ0n) is 17.4. The van der Waals surface area contributed by atoms with E-state index in [1.807, 2.05) is 6.92 Å². The average Bonchev–Trinajstić information content (AvgIpc) is 3.59. The molecule has 3 rings (SSSR count). The largest absolute Gasteiger partial charge is 0.494 e. The van der Waals surface area contributed by atoms with Crippen LogP contribution in [-0.2, 0) is 14.3 Å². The fourth-order valence-corrected chi connectivity index (χ4v) is 2.92. The summed E-state index contributed by atoms with van der Waals surface area (Å²) in [6, 6.07) is 12.1. The van der Waals surface area contributed by atoms with Gasteiger partial charge >= 0.3 is 5.97 Å². The summed E-state index contributed by atoms with van der Waals surface area (Å²) in [4.78, 5) is 37.3. The van der Waals surface area contributed by atoms with E-state index in [2.05, 4.69) is 5.32 Å². The Bertz CT molecular complexity index is 907. The predicted octanol–water partition coefficient (Wildman–Crippen LogP) is 4.14. The Kier molecular flexibility index (Phi) is 7.76. The van der Waals surface area contributed by atoms with E-state index < -0.39 is 23.8 Å². The number of ether oxygens (including phenoxy) is 2. The quantitative estimate of drug-likeness (QED) is 0.431. The standard InChI is InChI=1S/C24H26FNO5/c1-2-15-30-20-11-5-16(6-12-20)21(27)13-14-22(28)31-23(24(29)26-19-9-10-19)17-3-7-18(25)8-4-17/h3-8,11-12,19,23H,2,9-10,13-15H2,1H3,(H,26,29). The number of carbonyl (C=O) groups is 3. The van der Waals surface area contributed by atoms with E-state index in [0.29, 0.717) is 23.5 Å². The van der Waals surface area contributed by atoms with E-state index in [-0.39, 0.29) is 24.7 Å². The van der Waals surface area contributed by atoms with E-state index in [9.17, 15) is 18.8 Å². The van der Waals surface area contributed by atoms with Crippen molar-refractivity contribution < 1.29 is 28.2 Å². The topological polar surface area (TPSA) is 81.7 Å². The second-order valence-electron chi connectivity index (χ2n) is 7.50. The first-order valence-corrected chi connectivity index (χ1v) is 10.5. The highest BCUT2D eigenvalue weighted by atomic mass is 19.1. The Labute approximate surface area is 180 Å². The summed E-state index contributed by atoms with van der Waals surface area (Å²) >= 11 is 0. The van der Waals surface area contributed by atoms with Gasteiger partial charge in [0.25, 0.3) is 5.91 Å². The molecule has 1 aliphatic carbocycles. The number of Topliss-reactive ketones (excluding diaryl/α,β-unsaturated/α-hetero) is 1. The van der Waals surface area contributed by atoms with Crippen molar-refractivity contribution in [3.63, 3.8) is 0 Å². The molecule has 0 radical (unpaired) electrons. The molecule has 1 fully saturated rings. The zero-order chi connectivity index (χ0) is 22.2. The van der Waals surface area contributed by atoms with Gasteiger partial charge in [0.2, 0.25) is 6.10 Å². The van der Waals surface area contributed by atoms with Gasteiger partial charge in [0, 0.05) is 23.6 Å². The SMILES string of the molecule is CCCOc1ccc(C(=O)CCC(=O)OC(C(=O)NC2CC2)c2ccc(F)cc2)cc1. The maximum atomic E-state index is 13.2. The van der Waals surface area contributed by atoms with Crippen molar-refractivity contribution >= 4 is 17.7 Å². The molecule has 1 N–H and O–H groups in total. The third-order valence-corrected chi connectivity index (χ3v) is 4.79. The van der Waals surface area contributed by atoms with Crippen LogP contribution in [0.3, 0.4) is 0 Å². The fourth-order valence-electron chi connectivity index (χ4n) is 2.92. The molecule has 1 amide bonds. The number of amides is 1. The maximum Gasteiger partial charge on any atom is 0.307 e. The first-order valence-electron chi connectivity index (χ1n) is 10.5. The van der Waals surface area contributed by atoms with Crippen LogP contribution in [0.5, 0.6) is 5.75 Å². The van der Waals surface area contributed by atoms with Gasteiger partial charge in [-0.15, -0.1) is 0 Å². The van der Waals surface area contributed by atoms with Gasteiger partial charge in [-0.25, -0.2) is 4.39 Å². The minimum Gasteiger partial charge on any atom is -0.494 e. The monoisotopic (exact) mass is 427 g/mol. The Morgan fingerprint density at radius 3 is 2.32 bits per heavy atom. The lowest BCUT2D eigenvalue weighted by Gasteiger charge is -2.18. The Balaban J connectivity index is 1.56. The summed E-state index contributed by atoms with van der Waals surface area (Å²) in [6.07, 6.45) is 1.26. The Hall–Kier alpha value is -3.22. The van der Waals surface area contributed by atoms with Crippen LogP contribution in [0.15, 0.2) is 48.5 Å². The van der Waals surface area contributed by atoms with Crippen LogP contribution < -0.4 is 10.1 Å². The van der Waals surface area contributed by atoms with Crippen LogP contribution in [-0.4, -0.2) is 30.3 Å². The van der Waals surface area contributed by atoms with Crippen molar-refractivity contribution in [1.29, 1.82) is 0 Å². The fraction of sp³-hybridized carbons (Fsp3) is 0.375. The molecule has 0 aromatic heterocycles. The molecule has 0 saturated heterocycles. The molecule has 7 heteroatoms. The normalized spacial score (nSPS) is 13.9. The van der Waals surface area contributed by atoms with Crippen molar-refractivity contribution in [2.24, 2.45) is 0 Å². The molecular formula is C24H26FNO5. The molecule has 1 aliphatic rings. The van der Waals surface area contributed by atoms with Gasteiger partial charge in [-0.3, -0.25) is 14.4 Å². The summed E-state index contributed by atoms with van der Waals surface area (Å²) < 4.78 is 24.1. The smallest absolute Gasteiger partial charge is 0.307 e. The molecule has 2 aromatic rings. The summed E-state index contributed by atoms with van der Waals surface area (Å²) in [7, 11) is 0. The second kappa shape index (κ2) is 10.7. The lowest BCUT2D eigenvalue weighted by Crippen LogP contribution is -2.33. The highest BCUT2D eigenvalue weighted by Gasteiger charge is 2.31. The first kappa shape index (κ1) is 22.5. The second-order valence-corrected chi connectivity index (χ2v) is 7.50. The number of esters is 1. The van der Waals surface area contributed by atoms with E-state index in [0.717, 1.165) is 19.3 Å². The number of hydrogen-bond donors (Lipinski definition) is 1. The molecule has 0 heterocycles. The number of nitrogens with one attached hydrogen (secondary N) is 1. The number of benzene rings is 2. The third-order valence-electron chi connectivity index (χ3n) is 4.79. The van der Waals surface area contributed by atoms with Crippen LogP contribution in [0.2, 0.25) is 0 Å². The third kappa shape index (κ3) is 6.91. The minimum absolute atomic E-state index is 0.0472. The number of halogens is 1. The molecule has 0 spiro atoms. The van der Waals surface area contributed by atoms with Crippen molar-refractivity contribution in [1.82, 2.24) is 5.32 Å². The minimum atomic E-state index is -1.18. The van der Waals surface area contributed by atoms with Crippen LogP contribution in [0, 0.1) is 5.82 Å². The van der Waals surface area contributed by atoms with E-state index in [1.54, 1.807) is 24.3 Å². The van der Waals surface area contributed by atoms with E-state index >= 15 is 0 Å². The van der Waals surface area contributed by atoms with Gasteiger partial charge in [-0.05, 0) is 55.7 Å². The van der Waals surface area contributed by atoms with Crippen LogP contribution in [0.1, 0.15) is 61.1 Å². The number of hydrogen-bond acceptors (Lipinski definition) is 5. The maximum absolute atomic E-state index is 13.2. The van der Waals surface area contributed by atoms with Crippen molar-refractivity contribution in [3.8, 4) is 5.75 Å². The Morgan fingerprint density at radius 2 is 1.71 bits per heavy atom. The van der Waals surface area contributed by atoms with Crippen LogP contribution >= 0.6 is 0 Å². The van der Waals surface area contributed by atoms with Gasteiger partial charge in [-0.1, -0.05) is 19.1 Å². The molecule has 31 heavy (non-hydrogen) atoms. The van der Waals surface area contributed by atoms with Crippen LogP contribution in [0.4, 0.5) is 4.39 Å². The van der Waals surface area contributed by atoms with E-state index in [4.69, 9.17) is 9.47 Å². The van der Waals surface area contributed by atoms with Crippen molar-refractivity contribution in [2.75, 3.05) is 6.61 Å². The van der Waals surface area contributed by atoms with Gasteiger partial charge in [0.15, 0.2) is 5.78 Å². The van der Waals surface area contributed by atoms with Gasteiger partial charge in [-0.2, -0.15) is 0 Å². The van der Waals surface area contributed by atoms with Crippen LogP contribution in [0.25, 0.3) is 0 Å². The number of rotatable bonds is 11. The lowest BCUT2D eigenvalue weighted by atomic mass is 10.1. The molecule has 1 unspecified atom stereocenters. The van der Waals surface area contributed by atoms with Gasteiger partial charge in [0.1, 0.15) is 11.6 Å². The predicted molar refractivity (Wildman–Crippen MR) is 112 cm³/mol. The molecule has 0 bridgehead atoms. The summed E-state index contributed by atoms with van der Waals surface area (Å²) in [5, 5.41) is 2.79. The number of carbonyl (C=O) groups excluding carboxylic acids is 3. The zero-order valence-corrected chi connectivity index (χ0v) is 17.4. The lowest BCUT2D eigenvalue weighted by molar-refractivity contribution is -0.156. The molecule has 0 aliphatic heterocycles. The molecule has 1 atom stereocenters. The summed E-state index contributed by atoms with van der Waals surface area (Å²) in [5.74, 6) is -1.09. The molecule has 1 saturated carbocycles. The number of ketones is 1. The van der Waals surface area contributed by atoms with E-state index in [1.165, 1.54) is 24.3 Å². The molecule has 2 aromatic carbocycles. The van der Waals surface area contributed by atoms with Gasteiger partial charge < -0.3 is 14.8 Å². The van der Waals surface area contributed by atoms with Crippen molar-refractivity contribution in [3.05, 3.63) is 65.5 Å². The molecular weight excluding hydrogens is 401 g/mol. The highest BCUT2D eigenvalue weighted by Crippen LogP contribution is 2.24.